The fraction of sp³-hybridized carbons (Fsp3) is 0.190. The van der Waals surface area contributed by atoms with Gasteiger partial charge in [-0.2, -0.15) is 0 Å². The third-order valence-corrected chi connectivity index (χ3v) is 5.00. The number of hydrogen-bond acceptors (Lipinski definition) is 6. The minimum absolute atomic E-state index is 0.262. The van der Waals surface area contributed by atoms with E-state index in [2.05, 4.69) is 34.1 Å². The summed E-state index contributed by atoms with van der Waals surface area (Å²) in [5.41, 5.74) is 11.9. The van der Waals surface area contributed by atoms with Gasteiger partial charge in [0.15, 0.2) is 0 Å². The minimum Gasteiger partial charge on any atom is -0.424 e. The smallest absolute Gasteiger partial charge is 0.321 e. The van der Waals surface area contributed by atoms with Crippen molar-refractivity contribution in [3.8, 4) is 11.8 Å². The molecule has 0 aliphatic carbocycles. The quantitative estimate of drug-likeness (QED) is 0.468. The van der Waals surface area contributed by atoms with E-state index in [1.165, 1.54) is 18.0 Å². The molecule has 148 valence electrons. The van der Waals surface area contributed by atoms with Crippen LogP contribution in [0.5, 0.6) is 11.8 Å². The minimum atomic E-state index is 0.262. The number of anilines is 2. The number of fused-ring (bicyclic) bond motifs is 1. The Labute approximate surface area is 173 Å². The lowest BCUT2D eigenvalue weighted by Crippen LogP contribution is -2.08. The first-order valence-corrected chi connectivity index (χ1v) is 9.50. The maximum Gasteiger partial charge on any atom is 0.321 e. The van der Waals surface area contributed by atoms with Crippen molar-refractivity contribution in [3.05, 3.63) is 64.4 Å². The fourth-order valence-corrected chi connectivity index (χ4v) is 3.38. The number of halogens is 1. The SMILES string of the molecule is Cc1cc(Oc2ncc(Cl)cn2)cc(C)c1CNc1nc2ccc(N)cc2n1C. The molecule has 0 spiro atoms. The average molecular weight is 409 g/mol. The van der Waals surface area contributed by atoms with E-state index < -0.39 is 0 Å². The van der Waals surface area contributed by atoms with Gasteiger partial charge in [0.25, 0.3) is 0 Å². The number of aromatic nitrogens is 4. The summed E-state index contributed by atoms with van der Waals surface area (Å²) in [6, 6.07) is 9.91. The second-order valence-electron chi connectivity index (χ2n) is 6.92. The first kappa shape index (κ1) is 19.0. The van der Waals surface area contributed by atoms with Gasteiger partial charge in [0.05, 0.1) is 28.4 Å². The zero-order valence-electron chi connectivity index (χ0n) is 16.4. The molecule has 7 nitrogen and oxygen atoms in total. The lowest BCUT2D eigenvalue weighted by atomic mass is 10.0. The Morgan fingerprint density at radius 2 is 1.79 bits per heavy atom. The molecule has 0 aliphatic heterocycles. The highest BCUT2D eigenvalue weighted by molar-refractivity contribution is 6.30. The third kappa shape index (κ3) is 3.95. The van der Waals surface area contributed by atoms with Crippen molar-refractivity contribution < 1.29 is 4.74 Å². The second-order valence-corrected chi connectivity index (χ2v) is 7.35. The first-order valence-electron chi connectivity index (χ1n) is 9.12. The summed E-state index contributed by atoms with van der Waals surface area (Å²) in [5.74, 6) is 1.48. The van der Waals surface area contributed by atoms with E-state index >= 15 is 0 Å². The number of nitrogens with zero attached hydrogens (tertiary/aromatic N) is 4. The Morgan fingerprint density at radius 3 is 2.48 bits per heavy atom. The van der Waals surface area contributed by atoms with Crippen molar-refractivity contribution in [1.29, 1.82) is 0 Å². The van der Waals surface area contributed by atoms with E-state index in [-0.39, 0.29) is 6.01 Å². The Kier molecular flexibility index (Phi) is 4.98. The van der Waals surface area contributed by atoms with Crippen molar-refractivity contribution in [1.82, 2.24) is 19.5 Å². The number of benzene rings is 2. The highest BCUT2D eigenvalue weighted by atomic mass is 35.5. The molecule has 3 N–H and O–H groups in total. The maximum absolute atomic E-state index is 5.89. The Bertz CT molecular complexity index is 1160. The van der Waals surface area contributed by atoms with E-state index in [4.69, 9.17) is 22.1 Å². The number of aryl methyl sites for hydroxylation is 3. The summed E-state index contributed by atoms with van der Waals surface area (Å²) in [6.45, 7) is 4.74. The number of nitrogens with two attached hydrogens (primary N) is 1. The molecule has 0 saturated carbocycles. The van der Waals surface area contributed by atoms with Gasteiger partial charge in [0.2, 0.25) is 5.95 Å². The molecule has 0 atom stereocenters. The van der Waals surface area contributed by atoms with Crippen LogP contribution in [0.15, 0.2) is 42.7 Å². The van der Waals surface area contributed by atoms with Gasteiger partial charge in [-0.25, -0.2) is 15.0 Å². The molecule has 0 unspecified atom stereocenters. The molecule has 8 heteroatoms. The summed E-state index contributed by atoms with van der Waals surface area (Å²) in [4.78, 5) is 12.8. The van der Waals surface area contributed by atoms with E-state index in [9.17, 15) is 0 Å². The van der Waals surface area contributed by atoms with E-state index in [1.54, 1.807) is 0 Å². The highest BCUT2D eigenvalue weighted by Crippen LogP contribution is 2.26. The van der Waals surface area contributed by atoms with Crippen LogP contribution < -0.4 is 15.8 Å². The Morgan fingerprint density at radius 1 is 1.10 bits per heavy atom. The van der Waals surface area contributed by atoms with E-state index in [1.807, 2.05) is 41.9 Å². The average Bonchev–Trinajstić information content (AvgIpc) is 2.98. The molecule has 4 aromatic rings. The number of nitrogens with one attached hydrogen (secondary N) is 1. The summed E-state index contributed by atoms with van der Waals surface area (Å²) in [7, 11) is 1.97. The van der Waals surface area contributed by atoms with Gasteiger partial charge in [-0.15, -0.1) is 0 Å². The van der Waals surface area contributed by atoms with Crippen LogP contribution in [0, 0.1) is 13.8 Å². The Hall–Kier alpha value is -3.32. The molecule has 0 bridgehead atoms. The molecule has 0 fully saturated rings. The largest absolute Gasteiger partial charge is 0.424 e. The molecule has 2 aromatic carbocycles. The normalized spacial score (nSPS) is 11.0. The first-order chi connectivity index (χ1) is 13.9. The standard InChI is InChI=1S/C21H21ClN6O/c1-12-6-16(29-21-25-9-14(22)10-26-21)7-13(2)17(12)11-24-20-27-18-5-4-15(23)8-19(18)28(20)3/h4-10H,11,23H2,1-3H3,(H,24,27). The molecule has 2 heterocycles. The lowest BCUT2D eigenvalue weighted by Gasteiger charge is -2.14. The van der Waals surface area contributed by atoms with Crippen LogP contribution >= 0.6 is 11.6 Å². The molecule has 2 aromatic heterocycles. The number of nitrogen functional groups attached to an aromatic ring is 1. The summed E-state index contributed by atoms with van der Waals surface area (Å²) in [6.07, 6.45) is 3.01. The van der Waals surface area contributed by atoms with Crippen LogP contribution in [0.2, 0.25) is 5.02 Å². The van der Waals surface area contributed by atoms with Crippen molar-refractivity contribution in [2.75, 3.05) is 11.1 Å². The molecule has 0 radical (unpaired) electrons. The number of imidazole rings is 1. The lowest BCUT2D eigenvalue weighted by molar-refractivity contribution is 0.441. The fourth-order valence-electron chi connectivity index (χ4n) is 3.28. The third-order valence-electron chi connectivity index (χ3n) is 4.80. The highest BCUT2D eigenvalue weighted by Gasteiger charge is 2.11. The second kappa shape index (κ2) is 7.60. The van der Waals surface area contributed by atoms with Gasteiger partial charge < -0.3 is 20.4 Å². The molecule has 0 amide bonds. The summed E-state index contributed by atoms with van der Waals surface area (Å²) >= 11 is 5.82. The molecule has 0 saturated heterocycles. The van der Waals surface area contributed by atoms with Crippen molar-refractivity contribution in [2.24, 2.45) is 7.05 Å². The van der Waals surface area contributed by atoms with Crippen LogP contribution in [0.25, 0.3) is 11.0 Å². The van der Waals surface area contributed by atoms with Gasteiger partial charge in [-0.05, 0) is 60.9 Å². The maximum atomic E-state index is 5.89. The van der Waals surface area contributed by atoms with Crippen molar-refractivity contribution >= 4 is 34.3 Å². The molecule has 0 aliphatic rings. The van der Waals surface area contributed by atoms with Gasteiger partial charge in [-0.3, -0.25) is 0 Å². The van der Waals surface area contributed by atoms with Gasteiger partial charge in [0.1, 0.15) is 5.75 Å². The van der Waals surface area contributed by atoms with Crippen molar-refractivity contribution in [2.45, 2.75) is 20.4 Å². The number of ether oxygens (including phenoxy) is 1. The van der Waals surface area contributed by atoms with E-state index in [0.717, 1.165) is 33.8 Å². The molecule has 4 rings (SSSR count). The zero-order chi connectivity index (χ0) is 20.5. The topological polar surface area (TPSA) is 90.9 Å². The predicted molar refractivity (Wildman–Crippen MR) is 115 cm³/mol. The van der Waals surface area contributed by atoms with Gasteiger partial charge in [-0.1, -0.05) is 11.6 Å². The molecular formula is C21H21ClN6O. The van der Waals surface area contributed by atoms with E-state index in [0.29, 0.717) is 17.3 Å². The van der Waals surface area contributed by atoms with Gasteiger partial charge in [0, 0.05) is 19.3 Å². The van der Waals surface area contributed by atoms with Crippen molar-refractivity contribution in [3.63, 3.8) is 0 Å². The molecular weight excluding hydrogens is 388 g/mol. The summed E-state index contributed by atoms with van der Waals surface area (Å²) < 4.78 is 7.76. The van der Waals surface area contributed by atoms with Crippen LogP contribution in [0.3, 0.4) is 0 Å². The zero-order valence-corrected chi connectivity index (χ0v) is 17.2. The molecule has 29 heavy (non-hydrogen) atoms. The number of hydrogen-bond donors (Lipinski definition) is 2. The van der Waals surface area contributed by atoms with Crippen LogP contribution in [0.1, 0.15) is 16.7 Å². The Balaban J connectivity index is 1.53. The summed E-state index contributed by atoms with van der Waals surface area (Å²) in [5, 5.41) is 3.89. The van der Waals surface area contributed by atoms with Crippen LogP contribution in [-0.4, -0.2) is 19.5 Å². The van der Waals surface area contributed by atoms with Crippen LogP contribution in [0.4, 0.5) is 11.6 Å². The monoisotopic (exact) mass is 408 g/mol. The number of rotatable bonds is 5. The van der Waals surface area contributed by atoms with Crippen LogP contribution in [-0.2, 0) is 13.6 Å². The predicted octanol–water partition coefficient (Wildman–Crippen LogP) is 4.62. The van der Waals surface area contributed by atoms with Gasteiger partial charge >= 0.3 is 6.01 Å².